The quantitative estimate of drug-likeness (QED) is 0.351. The minimum absolute atomic E-state index is 0.249. The van der Waals surface area contributed by atoms with Crippen molar-refractivity contribution in [2.75, 3.05) is 25.6 Å². The van der Waals surface area contributed by atoms with Crippen LogP contribution < -0.4 is 19.5 Å². The van der Waals surface area contributed by atoms with Gasteiger partial charge in [-0.3, -0.25) is 9.79 Å². The molecule has 1 amide bonds. The standard InChI is InChI=1S/C25H24Cl2N2O4/c1-4-32-20-9-7-18(8-10-20)28-14-17-11-22(27)25(23(12-17)31-3)33-15-24(30)29-19-6-5-16(2)21(26)13-19/h5-14H,4,15H2,1-3H3,(H,29,30). The Morgan fingerprint density at radius 2 is 1.79 bits per heavy atom. The lowest BCUT2D eigenvalue weighted by Crippen LogP contribution is -2.20. The highest BCUT2D eigenvalue weighted by atomic mass is 35.5. The first-order valence-electron chi connectivity index (χ1n) is 10.2. The second-order valence-corrected chi connectivity index (χ2v) is 7.83. The van der Waals surface area contributed by atoms with Crippen LogP contribution in [0.25, 0.3) is 0 Å². The lowest BCUT2D eigenvalue weighted by Gasteiger charge is -2.13. The van der Waals surface area contributed by atoms with Crippen LogP contribution >= 0.6 is 23.2 Å². The van der Waals surface area contributed by atoms with E-state index < -0.39 is 0 Å². The van der Waals surface area contributed by atoms with Crippen molar-refractivity contribution in [3.63, 3.8) is 0 Å². The predicted molar refractivity (Wildman–Crippen MR) is 133 cm³/mol. The van der Waals surface area contributed by atoms with Gasteiger partial charge in [0.1, 0.15) is 5.75 Å². The number of rotatable bonds is 9. The highest BCUT2D eigenvalue weighted by Gasteiger charge is 2.14. The Hall–Kier alpha value is -3.22. The molecule has 172 valence electrons. The maximum atomic E-state index is 12.3. The maximum Gasteiger partial charge on any atom is 0.262 e. The van der Waals surface area contributed by atoms with Crippen LogP contribution in [0.4, 0.5) is 11.4 Å². The number of anilines is 1. The van der Waals surface area contributed by atoms with Crippen molar-refractivity contribution < 1.29 is 19.0 Å². The fraction of sp³-hybridized carbons (Fsp3) is 0.200. The largest absolute Gasteiger partial charge is 0.494 e. The highest BCUT2D eigenvalue weighted by molar-refractivity contribution is 6.32. The molecule has 1 N–H and O–H groups in total. The van der Waals surface area contributed by atoms with Gasteiger partial charge in [0.25, 0.3) is 5.91 Å². The van der Waals surface area contributed by atoms with Crippen LogP contribution in [0.2, 0.25) is 10.0 Å². The summed E-state index contributed by atoms with van der Waals surface area (Å²) in [5.74, 6) is 1.10. The number of ether oxygens (including phenoxy) is 3. The normalized spacial score (nSPS) is 10.8. The van der Waals surface area contributed by atoms with Crippen molar-refractivity contribution in [2.45, 2.75) is 13.8 Å². The van der Waals surface area contributed by atoms with Crippen molar-refractivity contribution >= 4 is 46.7 Å². The molecule has 3 rings (SSSR count). The van der Waals surface area contributed by atoms with Crippen LogP contribution in [0.15, 0.2) is 59.6 Å². The van der Waals surface area contributed by atoms with Gasteiger partial charge in [-0.1, -0.05) is 29.3 Å². The summed E-state index contributed by atoms with van der Waals surface area (Å²) in [6.07, 6.45) is 1.67. The van der Waals surface area contributed by atoms with Gasteiger partial charge >= 0.3 is 0 Å². The van der Waals surface area contributed by atoms with Gasteiger partial charge in [0, 0.05) is 16.9 Å². The maximum absolute atomic E-state index is 12.3. The molecule has 0 unspecified atom stereocenters. The molecule has 0 aliphatic rings. The summed E-state index contributed by atoms with van der Waals surface area (Å²) in [6.45, 7) is 4.18. The van der Waals surface area contributed by atoms with Gasteiger partial charge in [-0.05, 0) is 73.5 Å². The number of carbonyl (C=O) groups is 1. The van der Waals surface area contributed by atoms with E-state index in [1.807, 2.05) is 44.2 Å². The summed E-state index contributed by atoms with van der Waals surface area (Å²) in [5.41, 5.74) is 2.99. The molecule has 0 saturated heterocycles. The van der Waals surface area contributed by atoms with Gasteiger partial charge in [0.15, 0.2) is 18.1 Å². The zero-order valence-corrected chi connectivity index (χ0v) is 20.0. The summed E-state index contributed by atoms with van der Waals surface area (Å²) < 4.78 is 16.5. The second kappa shape index (κ2) is 11.6. The molecule has 0 radical (unpaired) electrons. The molecule has 8 heteroatoms. The van der Waals surface area contributed by atoms with Crippen LogP contribution in [-0.2, 0) is 4.79 Å². The lowest BCUT2D eigenvalue weighted by atomic mass is 10.2. The fourth-order valence-corrected chi connectivity index (χ4v) is 3.36. The molecule has 0 aromatic heterocycles. The van der Waals surface area contributed by atoms with Crippen LogP contribution in [0.3, 0.4) is 0 Å². The van der Waals surface area contributed by atoms with E-state index in [2.05, 4.69) is 10.3 Å². The van der Waals surface area contributed by atoms with E-state index in [9.17, 15) is 4.79 Å². The predicted octanol–water partition coefficient (Wildman–Crippen LogP) is 6.48. The zero-order valence-electron chi connectivity index (χ0n) is 18.5. The van der Waals surface area contributed by atoms with Crippen molar-refractivity contribution in [3.05, 3.63) is 75.8 Å². The van der Waals surface area contributed by atoms with Crippen molar-refractivity contribution in [1.29, 1.82) is 0 Å². The van der Waals surface area contributed by atoms with Gasteiger partial charge in [0.2, 0.25) is 0 Å². The first-order valence-corrected chi connectivity index (χ1v) is 11.0. The molecule has 0 saturated carbocycles. The lowest BCUT2D eigenvalue weighted by molar-refractivity contribution is -0.118. The second-order valence-electron chi connectivity index (χ2n) is 7.02. The van der Waals surface area contributed by atoms with Gasteiger partial charge < -0.3 is 19.5 Å². The Kier molecular flexibility index (Phi) is 8.58. The molecule has 0 heterocycles. The van der Waals surface area contributed by atoms with Gasteiger partial charge in [-0.15, -0.1) is 0 Å². The first kappa shape index (κ1) is 24.4. The van der Waals surface area contributed by atoms with E-state index >= 15 is 0 Å². The summed E-state index contributed by atoms with van der Waals surface area (Å²) in [4.78, 5) is 16.7. The van der Waals surface area contributed by atoms with E-state index in [1.165, 1.54) is 7.11 Å². The van der Waals surface area contributed by atoms with Crippen LogP contribution in [0, 0.1) is 6.92 Å². The summed E-state index contributed by atoms with van der Waals surface area (Å²) in [6, 6.07) is 16.1. The molecule has 33 heavy (non-hydrogen) atoms. The molecule has 0 bridgehead atoms. The average molecular weight is 487 g/mol. The number of nitrogens with one attached hydrogen (secondary N) is 1. The number of halogens is 2. The number of hydrogen-bond donors (Lipinski definition) is 1. The van der Waals surface area contributed by atoms with Crippen LogP contribution in [0.5, 0.6) is 17.2 Å². The van der Waals surface area contributed by atoms with E-state index in [-0.39, 0.29) is 18.3 Å². The molecule has 0 spiro atoms. The number of aryl methyl sites for hydroxylation is 1. The number of aliphatic imine (C=N–C) groups is 1. The molecule has 0 aliphatic heterocycles. The Morgan fingerprint density at radius 1 is 1.03 bits per heavy atom. The Labute approximate surface area is 203 Å². The average Bonchev–Trinajstić information content (AvgIpc) is 2.80. The molecule has 3 aromatic rings. The van der Waals surface area contributed by atoms with Crippen molar-refractivity contribution in [3.8, 4) is 17.2 Å². The van der Waals surface area contributed by atoms with Gasteiger partial charge in [-0.25, -0.2) is 0 Å². The van der Waals surface area contributed by atoms with E-state index in [0.29, 0.717) is 28.1 Å². The minimum Gasteiger partial charge on any atom is -0.494 e. The molecule has 0 fully saturated rings. The minimum atomic E-state index is -0.353. The SMILES string of the molecule is CCOc1ccc(N=Cc2cc(Cl)c(OCC(=O)Nc3ccc(C)c(Cl)c3)c(OC)c2)cc1. The Balaban J connectivity index is 1.66. The fourth-order valence-electron chi connectivity index (χ4n) is 2.90. The molecule has 0 atom stereocenters. The number of benzene rings is 3. The third-order valence-corrected chi connectivity index (χ3v) is 5.25. The monoisotopic (exact) mass is 486 g/mol. The van der Waals surface area contributed by atoms with E-state index in [1.54, 1.807) is 30.5 Å². The topological polar surface area (TPSA) is 69.2 Å². The van der Waals surface area contributed by atoms with Crippen LogP contribution in [-0.4, -0.2) is 32.4 Å². The van der Waals surface area contributed by atoms with E-state index in [4.69, 9.17) is 37.4 Å². The number of amides is 1. The smallest absolute Gasteiger partial charge is 0.262 e. The molecule has 0 aliphatic carbocycles. The molecular weight excluding hydrogens is 463 g/mol. The molecule has 3 aromatic carbocycles. The number of methoxy groups -OCH3 is 1. The highest BCUT2D eigenvalue weighted by Crippen LogP contribution is 2.36. The van der Waals surface area contributed by atoms with Crippen molar-refractivity contribution in [2.24, 2.45) is 4.99 Å². The summed E-state index contributed by atoms with van der Waals surface area (Å²) in [7, 11) is 1.50. The Morgan fingerprint density at radius 3 is 2.45 bits per heavy atom. The van der Waals surface area contributed by atoms with E-state index in [0.717, 1.165) is 22.6 Å². The molecule has 6 nitrogen and oxygen atoms in total. The summed E-state index contributed by atoms with van der Waals surface area (Å²) in [5, 5.41) is 3.61. The Bertz CT molecular complexity index is 1150. The third kappa shape index (κ3) is 6.88. The number of hydrogen-bond acceptors (Lipinski definition) is 5. The number of nitrogens with zero attached hydrogens (tertiary/aromatic N) is 1. The zero-order chi connectivity index (χ0) is 23.8. The third-order valence-electron chi connectivity index (χ3n) is 4.57. The van der Waals surface area contributed by atoms with Gasteiger partial charge in [0.05, 0.1) is 24.4 Å². The number of carbonyl (C=O) groups excluding carboxylic acids is 1. The van der Waals surface area contributed by atoms with Gasteiger partial charge in [-0.2, -0.15) is 0 Å². The molecular formula is C25H24Cl2N2O4. The first-order chi connectivity index (χ1) is 15.9. The van der Waals surface area contributed by atoms with Crippen LogP contribution in [0.1, 0.15) is 18.1 Å². The summed E-state index contributed by atoms with van der Waals surface area (Å²) >= 11 is 12.5. The van der Waals surface area contributed by atoms with Crippen molar-refractivity contribution in [1.82, 2.24) is 0 Å².